The summed E-state index contributed by atoms with van der Waals surface area (Å²) in [6, 6.07) is 25.8. The van der Waals surface area contributed by atoms with Crippen LogP contribution in [0.4, 0.5) is 105 Å². The molecule has 9 aromatic rings. The molecule has 8 aromatic carbocycles. The van der Waals surface area contributed by atoms with Crippen molar-refractivity contribution < 1.29 is 110 Å². The molecule has 9 rings (SSSR count). The topological polar surface area (TPSA) is 3.88 Å². The lowest BCUT2D eigenvalue weighted by Gasteiger charge is -2.46. The van der Waals surface area contributed by atoms with Gasteiger partial charge in [-0.25, -0.2) is 0 Å². The van der Waals surface area contributed by atoms with Crippen molar-refractivity contribution in [2.24, 2.45) is 0 Å². The number of hydrogen-bond acceptors (Lipinski definition) is 1. The molecule has 0 unspecified atom stereocenters. The standard InChI is InChI=1S/C32H12BF24.C24H18NS/c34-25(35,36)13-1-14(26(37,38)39)6-21(5-13)33(22-7-15(27(40,41)42)2-16(8-22)28(43,44)45,23-9-17(29(46,47)48)3-18(10-23)30(49,50)51)24-11-19(31(52,53)54)4-20(12-24)32(55,56)57;1-2-9-18(10-3-1)17-25-22-15-6-7-16-23(22)26-24(25)21-14-8-12-19-11-4-5-13-20(19)21/h1-12H;1-16H,17H2/q-1;+1. The summed E-state index contributed by atoms with van der Waals surface area (Å²) >= 11 is 1.87. The van der Waals surface area contributed by atoms with E-state index in [1.807, 2.05) is 11.3 Å². The molecule has 0 N–H and O–H groups in total. The smallest absolute Gasteiger partial charge is 0.194 e. The van der Waals surface area contributed by atoms with Crippen LogP contribution in [0.5, 0.6) is 0 Å². The Morgan fingerprint density at radius 1 is 0.313 bits per heavy atom. The predicted molar refractivity (Wildman–Crippen MR) is 261 cm³/mol. The minimum Gasteiger partial charge on any atom is -0.194 e. The highest BCUT2D eigenvalue weighted by Crippen LogP contribution is 2.42. The van der Waals surface area contributed by atoms with Crippen molar-refractivity contribution in [3.05, 3.63) is 220 Å². The van der Waals surface area contributed by atoms with Gasteiger partial charge < -0.3 is 0 Å². The van der Waals surface area contributed by atoms with Crippen molar-refractivity contribution in [2.75, 3.05) is 0 Å². The molecule has 0 aliphatic rings. The lowest BCUT2D eigenvalue weighted by Crippen LogP contribution is -2.75. The maximum absolute atomic E-state index is 14.2. The van der Waals surface area contributed by atoms with Gasteiger partial charge in [0.05, 0.1) is 50.1 Å². The molecule has 0 fully saturated rings. The number of nitrogens with zero attached hydrogens (tertiary/aromatic N) is 1. The van der Waals surface area contributed by atoms with Crippen LogP contribution in [0.15, 0.2) is 170 Å². The zero-order chi connectivity index (χ0) is 61.3. The number of alkyl halides is 24. The summed E-state index contributed by atoms with van der Waals surface area (Å²) in [5.41, 5.74) is -26.3. The molecule has 83 heavy (non-hydrogen) atoms. The summed E-state index contributed by atoms with van der Waals surface area (Å²) in [6.07, 6.45) is -54.8. The molecule has 0 saturated heterocycles. The molecule has 0 saturated carbocycles. The molecule has 0 radical (unpaired) electrons. The summed E-state index contributed by atoms with van der Waals surface area (Å²) < 4.78 is 345. The van der Waals surface area contributed by atoms with Crippen LogP contribution in [0, 0.1) is 0 Å². The van der Waals surface area contributed by atoms with Gasteiger partial charge in [-0.3, -0.25) is 0 Å². The van der Waals surface area contributed by atoms with Gasteiger partial charge in [-0.05, 0) is 47.2 Å². The van der Waals surface area contributed by atoms with Crippen molar-refractivity contribution in [3.8, 4) is 10.6 Å². The number of hydrogen-bond donors (Lipinski definition) is 0. The van der Waals surface area contributed by atoms with Crippen molar-refractivity contribution in [1.29, 1.82) is 0 Å². The number of halogens is 24. The fourth-order valence-corrected chi connectivity index (χ4v) is 10.8. The quantitative estimate of drug-likeness (QED) is 0.0851. The zero-order valence-electron chi connectivity index (χ0n) is 40.9. The van der Waals surface area contributed by atoms with Gasteiger partial charge in [0.1, 0.15) is 10.8 Å². The molecule has 0 bridgehead atoms. The summed E-state index contributed by atoms with van der Waals surface area (Å²) in [6.45, 7) is 0.878. The Kier molecular flexibility index (Phi) is 15.9. The maximum Gasteiger partial charge on any atom is 0.416 e. The van der Waals surface area contributed by atoms with Crippen LogP contribution in [0.1, 0.15) is 50.1 Å². The average Bonchev–Trinajstić information content (AvgIpc) is 1.38. The van der Waals surface area contributed by atoms with E-state index in [2.05, 4.69) is 102 Å². The Balaban J connectivity index is 0.000000283. The molecule has 1 nitrogen and oxygen atoms in total. The molecule has 436 valence electrons. The summed E-state index contributed by atoms with van der Waals surface area (Å²) in [7, 11) is 0. The predicted octanol–water partition coefficient (Wildman–Crippen LogP) is 17.3. The Bertz CT molecular complexity index is 3400. The third kappa shape index (κ3) is 13.1. The summed E-state index contributed by atoms with van der Waals surface area (Å²) in [4.78, 5) is 0. The van der Waals surface area contributed by atoms with E-state index in [1.165, 1.54) is 37.1 Å². The molecular weight excluding hydrogens is 1190 g/mol. The Hall–Kier alpha value is -7.71. The van der Waals surface area contributed by atoms with E-state index in [4.69, 9.17) is 0 Å². The first-order valence-electron chi connectivity index (χ1n) is 23.5. The number of benzene rings is 8. The highest BCUT2D eigenvalue weighted by molar-refractivity contribution is 7.21. The lowest BCUT2D eigenvalue weighted by molar-refractivity contribution is -0.647. The molecular formula is C56H30BF24NS. The van der Waals surface area contributed by atoms with Gasteiger partial charge >= 0.3 is 49.4 Å². The summed E-state index contributed by atoms with van der Waals surface area (Å²) in [5, 5.41) is 3.91. The van der Waals surface area contributed by atoms with Gasteiger partial charge in [0.2, 0.25) is 5.52 Å². The lowest BCUT2D eigenvalue weighted by atomic mass is 9.12. The van der Waals surface area contributed by atoms with E-state index in [9.17, 15) is 105 Å². The molecule has 0 aliphatic carbocycles. The van der Waals surface area contributed by atoms with Gasteiger partial charge in [-0.2, -0.15) is 132 Å². The van der Waals surface area contributed by atoms with Crippen LogP contribution in [-0.4, -0.2) is 6.15 Å². The number of para-hydroxylation sites is 1. The number of aromatic nitrogens is 1. The molecule has 1 heterocycles. The molecule has 0 aliphatic heterocycles. The Labute approximate surface area is 455 Å². The van der Waals surface area contributed by atoms with Crippen molar-refractivity contribution >= 4 is 60.3 Å². The Morgan fingerprint density at radius 3 is 0.964 bits per heavy atom. The minimum atomic E-state index is -6.13. The number of rotatable bonds is 7. The second-order valence-electron chi connectivity index (χ2n) is 18.7. The average molecular weight is 1220 g/mol. The highest BCUT2D eigenvalue weighted by Gasteiger charge is 2.47. The number of thiazole rings is 1. The number of fused-ring (bicyclic) bond motifs is 2. The fraction of sp³-hybridized carbons (Fsp3) is 0.161. The van der Waals surface area contributed by atoms with Crippen molar-refractivity contribution in [2.45, 2.75) is 56.0 Å². The highest BCUT2D eigenvalue weighted by atomic mass is 32.1. The van der Waals surface area contributed by atoms with E-state index < -0.39 is 195 Å². The van der Waals surface area contributed by atoms with Crippen LogP contribution >= 0.6 is 11.3 Å². The van der Waals surface area contributed by atoms with E-state index in [-0.39, 0.29) is 0 Å². The van der Waals surface area contributed by atoms with Crippen LogP contribution in [0.25, 0.3) is 31.6 Å². The third-order valence-corrected chi connectivity index (χ3v) is 14.5. The van der Waals surface area contributed by atoms with Crippen LogP contribution < -0.4 is 26.4 Å². The van der Waals surface area contributed by atoms with Crippen LogP contribution in [0.3, 0.4) is 0 Å². The Morgan fingerprint density at radius 2 is 0.614 bits per heavy atom. The fourth-order valence-electron chi connectivity index (χ4n) is 9.64. The molecule has 0 amide bonds. The summed E-state index contributed by atoms with van der Waals surface area (Å²) in [5.74, 6) is 0. The first-order chi connectivity index (χ1) is 38.2. The van der Waals surface area contributed by atoms with Crippen molar-refractivity contribution in [1.82, 2.24) is 0 Å². The molecule has 0 spiro atoms. The van der Waals surface area contributed by atoms with E-state index in [0.29, 0.717) is 0 Å². The molecule has 27 heteroatoms. The largest absolute Gasteiger partial charge is 0.416 e. The van der Waals surface area contributed by atoms with Gasteiger partial charge in [0, 0.05) is 11.6 Å². The van der Waals surface area contributed by atoms with E-state index >= 15 is 0 Å². The van der Waals surface area contributed by atoms with Gasteiger partial charge in [-0.15, -0.1) is 0 Å². The minimum absolute atomic E-state index is 0.691. The van der Waals surface area contributed by atoms with Crippen LogP contribution in [0.2, 0.25) is 0 Å². The van der Waals surface area contributed by atoms with Gasteiger partial charge in [-0.1, -0.05) is 139 Å². The van der Waals surface area contributed by atoms with Gasteiger partial charge in [0.15, 0.2) is 6.54 Å². The van der Waals surface area contributed by atoms with Crippen LogP contribution in [-0.2, 0) is 56.0 Å². The normalized spacial score (nSPS) is 13.3. The van der Waals surface area contributed by atoms with E-state index in [1.54, 1.807) is 0 Å². The second-order valence-corrected chi connectivity index (χ2v) is 19.7. The first-order valence-corrected chi connectivity index (χ1v) is 24.3. The first kappa shape index (κ1) is 61.4. The zero-order valence-corrected chi connectivity index (χ0v) is 41.7. The SMILES string of the molecule is FC(F)(F)c1cc([B-](c2cc(C(F)(F)F)cc(C(F)(F)F)c2)(c2cc(C(F)(F)F)cc(C(F)(F)F)c2)c2cc(C(F)(F)F)cc(C(F)(F)F)c2)cc(C(F)(F)F)c1.c1ccc(C[n+]2c(-c3cccc4ccccc34)sc3ccccc32)cc1. The molecule has 0 atom stereocenters. The van der Waals surface area contributed by atoms with Crippen molar-refractivity contribution in [3.63, 3.8) is 0 Å². The van der Waals surface area contributed by atoms with E-state index in [0.717, 1.165) is 6.54 Å². The van der Waals surface area contributed by atoms with Gasteiger partial charge in [0.25, 0.3) is 5.01 Å². The third-order valence-electron chi connectivity index (χ3n) is 13.3. The second kappa shape index (κ2) is 21.5. The molecule has 1 aromatic heterocycles. The monoisotopic (exact) mass is 1220 g/mol. The maximum atomic E-state index is 14.2.